The fraction of sp³-hybridized carbons (Fsp3) is 0.444. The average molecular weight is 285 g/mol. The summed E-state index contributed by atoms with van der Waals surface area (Å²) in [4.78, 5) is 12.0. The van der Waals surface area contributed by atoms with Gasteiger partial charge in [-0.25, -0.2) is 4.79 Å². The van der Waals surface area contributed by atoms with E-state index in [-0.39, 0.29) is 5.57 Å². The van der Waals surface area contributed by atoms with Crippen molar-refractivity contribution in [1.29, 1.82) is 5.26 Å². The van der Waals surface area contributed by atoms with Crippen LogP contribution >= 0.6 is 0 Å². The van der Waals surface area contributed by atoms with Gasteiger partial charge in [-0.2, -0.15) is 5.26 Å². The fourth-order valence-electron chi connectivity index (χ4n) is 2.02. The third kappa shape index (κ3) is 6.27. The monoisotopic (exact) mass is 285 g/mol. The van der Waals surface area contributed by atoms with E-state index < -0.39 is 5.97 Å². The molecule has 1 aromatic rings. The zero-order chi connectivity index (χ0) is 15.5. The van der Waals surface area contributed by atoms with E-state index >= 15 is 0 Å². The molecular formula is C18H23NO2. The molecule has 1 rings (SSSR count). The van der Waals surface area contributed by atoms with Crippen molar-refractivity contribution in [3.63, 3.8) is 0 Å². The Bertz CT molecular complexity index is 500. The van der Waals surface area contributed by atoms with E-state index in [1.165, 1.54) is 0 Å². The van der Waals surface area contributed by atoms with Gasteiger partial charge in [0.1, 0.15) is 11.6 Å². The Labute approximate surface area is 127 Å². The number of nitriles is 1. The molecule has 1 atom stereocenters. The summed E-state index contributed by atoms with van der Waals surface area (Å²) in [6.07, 6.45) is 5.89. The number of esters is 1. The van der Waals surface area contributed by atoms with Gasteiger partial charge in [0.2, 0.25) is 0 Å². The van der Waals surface area contributed by atoms with Crippen molar-refractivity contribution in [2.24, 2.45) is 5.92 Å². The van der Waals surface area contributed by atoms with E-state index in [1.54, 1.807) is 6.08 Å². The van der Waals surface area contributed by atoms with Crippen molar-refractivity contribution < 1.29 is 9.53 Å². The molecule has 0 amide bonds. The van der Waals surface area contributed by atoms with Gasteiger partial charge in [0.25, 0.3) is 0 Å². The van der Waals surface area contributed by atoms with Crippen molar-refractivity contribution in [2.45, 2.75) is 39.5 Å². The van der Waals surface area contributed by atoms with Crippen LogP contribution in [0.15, 0.2) is 35.9 Å². The number of hydrogen-bond acceptors (Lipinski definition) is 3. The Morgan fingerprint density at radius 3 is 2.62 bits per heavy atom. The lowest BCUT2D eigenvalue weighted by Gasteiger charge is -2.14. The Hall–Kier alpha value is -2.08. The number of ether oxygens (including phenoxy) is 1. The molecule has 1 unspecified atom stereocenters. The van der Waals surface area contributed by atoms with Crippen LogP contribution in [0.3, 0.4) is 0 Å². The van der Waals surface area contributed by atoms with Crippen LogP contribution in [0.1, 0.15) is 45.1 Å². The topological polar surface area (TPSA) is 50.1 Å². The summed E-state index contributed by atoms with van der Waals surface area (Å²) in [7, 11) is 0. The van der Waals surface area contributed by atoms with Crippen LogP contribution in [0.25, 0.3) is 6.08 Å². The van der Waals surface area contributed by atoms with Gasteiger partial charge in [-0.1, -0.05) is 63.4 Å². The van der Waals surface area contributed by atoms with Crippen LogP contribution in [0, 0.1) is 17.2 Å². The highest BCUT2D eigenvalue weighted by molar-refractivity contribution is 5.97. The van der Waals surface area contributed by atoms with Gasteiger partial charge in [-0.05, 0) is 24.0 Å². The van der Waals surface area contributed by atoms with E-state index in [0.29, 0.717) is 12.5 Å². The molecule has 0 saturated carbocycles. The summed E-state index contributed by atoms with van der Waals surface area (Å²) < 4.78 is 5.29. The van der Waals surface area contributed by atoms with Crippen LogP contribution in [0.4, 0.5) is 0 Å². The first kappa shape index (κ1) is 17.0. The van der Waals surface area contributed by atoms with Crippen LogP contribution in [0.5, 0.6) is 0 Å². The number of hydrogen-bond donors (Lipinski definition) is 0. The van der Waals surface area contributed by atoms with E-state index in [4.69, 9.17) is 10.00 Å². The van der Waals surface area contributed by atoms with Gasteiger partial charge < -0.3 is 4.74 Å². The van der Waals surface area contributed by atoms with Gasteiger partial charge >= 0.3 is 5.97 Å². The quantitative estimate of drug-likeness (QED) is 0.405. The van der Waals surface area contributed by atoms with Gasteiger partial charge in [-0.3, -0.25) is 0 Å². The third-order valence-electron chi connectivity index (χ3n) is 3.44. The molecule has 3 nitrogen and oxygen atoms in total. The minimum atomic E-state index is -0.531. The second-order valence-electron chi connectivity index (χ2n) is 5.10. The number of carbonyl (C=O) groups is 1. The molecule has 0 aromatic heterocycles. The first-order chi connectivity index (χ1) is 10.2. The molecule has 112 valence electrons. The summed E-state index contributed by atoms with van der Waals surface area (Å²) in [5, 5.41) is 9.10. The van der Waals surface area contributed by atoms with Gasteiger partial charge in [0.15, 0.2) is 0 Å². The predicted octanol–water partition coefficient (Wildman–Crippen LogP) is 4.35. The smallest absolute Gasteiger partial charge is 0.348 e. The molecule has 0 aliphatic rings. The molecule has 0 radical (unpaired) electrons. The van der Waals surface area contributed by atoms with Gasteiger partial charge in [0.05, 0.1) is 6.61 Å². The highest BCUT2D eigenvalue weighted by atomic mass is 16.5. The minimum Gasteiger partial charge on any atom is -0.461 e. The summed E-state index contributed by atoms with van der Waals surface area (Å²) in [6, 6.07) is 11.2. The number of nitrogens with zero attached hydrogens (tertiary/aromatic N) is 1. The third-order valence-corrected chi connectivity index (χ3v) is 3.44. The molecule has 21 heavy (non-hydrogen) atoms. The lowest BCUT2D eigenvalue weighted by molar-refractivity contribution is -0.139. The fourth-order valence-corrected chi connectivity index (χ4v) is 2.02. The lowest BCUT2D eigenvalue weighted by atomic mass is 10.0. The Kier molecular flexibility index (Phi) is 7.89. The molecule has 0 heterocycles. The molecule has 0 spiro atoms. The largest absolute Gasteiger partial charge is 0.461 e. The molecule has 1 aromatic carbocycles. The Balaban J connectivity index is 2.60. The number of rotatable bonds is 8. The maximum atomic E-state index is 12.0. The molecule has 0 fully saturated rings. The van der Waals surface area contributed by atoms with Gasteiger partial charge in [-0.15, -0.1) is 0 Å². The molecule has 3 heteroatoms. The normalized spacial score (nSPS) is 12.5. The zero-order valence-corrected chi connectivity index (χ0v) is 12.8. The predicted molar refractivity (Wildman–Crippen MR) is 84.3 cm³/mol. The molecule has 0 N–H and O–H groups in total. The van der Waals surface area contributed by atoms with Crippen molar-refractivity contribution in [1.82, 2.24) is 0 Å². The van der Waals surface area contributed by atoms with E-state index in [1.807, 2.05) is 36.4 Å². The second kappa shape index (κ2) is 9.77. The SMILES string of the molecule is CCCCC(CC)COC(=O)C(C#N)=Cc1ccccc1. The average Bonchev–Trinajstić information content (AvgIpc) is 2.53. The maximum absolute atomic E-state index is 12.0. The summed E-state index contributed by atoms with van der Waals surface area (Å²) >= 11 is 0. The highest BCUT2D eigenvalue weighted by Crippen LogP contribution is 2.14. The van der Waals surface area contributed by atoms with Crippen LogP contribution in [-0.2, 0) is 9.53 Å². The van der Waals surface area contributed by atoms with E-state index in [9.17, 15) is 4.79 Å². The lowest BCUT2D eigenvalue weighted by Crippen LogP contribution is -2.14. The summed E-state index contributed by atoms with van der Waals surface area (Å²) in [6.45, 7) is 4.64. The van der Waals surface area contributed by atoms with Crippen molar-refractivity contribution >= 4 is 12.0 Å². The first-order valence-electron chi connectivity index (χ1n) is 7.55. The van der Waals surface area contributed by atoms with Crippen LogP contribution < -0.4 is 0 Å². The minimum absolute atomic E-state index is 0.0477. The molecule has 0 aliphatic heterocycles. The standard InChI is InChI=1S/C18H23NO2/c1-3-5-9-15(4-2)14-21-18(20)17(13-19)12-16-10-7-6-8-11-16/h6-8,10-12,15H,3-5,9,14H2,1-2H3. The zero-order valence-electron chi connectivity index (χ0n) is 12.8. The van der Waals surface area contributed by atoms with Crippen molar-refractivity contribution in [2.75, 3.05) is 6.61 Å². The van der Waals surface area contributed by atoms with Crippen molar-refractivity contribution in [3.05, 3.63) is 41.5 Å². The molecule has 0 saturated heterocycles. The molecular weight excluding hydrogens is 262 g/mol. The van der Waals surface area contributed by atoms with E-state index in [0.717, 1.165) is 31.2 Å². The van der Waals surface area contributed by atoms with Gasteiger partial charge in [0, 0.05) is 0 Å². The Morgan fingerprint density at radius 2 is 2.05 bits per heavy atom. The van der Waals surface area contributed by atoms with E-state index in [2.05, 4.69) is 13.8 Å². The van der Waals surface area contributed by atoms with Crippen LogP contribution in [-0.4, -0.2) is 12.6 Å². The summed E-state index contributed by atoms with van der Waals surface area (Å²) in [5.41, 5.74) is 0.871. The number of carbonyl (C=O) groups excluding carboxylic acids is 1. The molecule has 0 bridgehead atoms. The number of unbranched alkanes of at least 4 members (excludes halogenated alkanes) is 1. The number of benzene rings is 1. The Morgan fingerprint density at radius 1 is 1.33 bits per heavy atom. The highest BCUT2D eigenvalue weighted by Gasteiger charge is 2.14. The first-order valence-corrected chi connectivity index (χ1v) is 7.55. The van der Waals surface area contributed by atoms with Crippen molar-refractivity contribution in [3.8, 4) is 6.07 Å². The maximum Gasteiger partial charge on any atom is 0.348 e. The molecule has 0 aliphatic carbocycles. The summed E-state index contributed by atoms with van der Waals surface area (Å²) in [5.74, 6) is -0.151. The van der Waals surface area contributed by atoms with Crippen LogP contribution in [0.2, 0.25) is 0 Å². The second-order valence-corrected chi connectivity index (χ2v) is 5.10.